The smallest absolute Gasteiger partial charge is 0.0588 e. The van der Waals surface area contributed by atoms with E-state index in [2.05, 4.69) is 20.8 Å². The van der Waals surface area contributed by atoms with E-state index in [1.54, 1.807) is 0 Å². The predicted molar refractivity (Wildman–Crippen MR) is 61.3 cm³/mol. The molecule has 1 heteroatoms. The average molecular weight is 198 g/mol. The fourth-order valence-electron chi connectivity index (χ4n) is 2.30. The highest BCUT2D eigenvalue weighted by Crippen LogP contribution is 2.30. The zero-order valence-corrected chi connectivity index (χ0v) is 10.1. The molecule has 1 N–H and O–H groups in total. The lowest BCUT2D eigenvalue weighted by Gasteiger charge is -2.28. The first-order valence-corrected chi connectivity index (χ1v) is 6.18. The van der Waals surface area contributed by atoms with Crippen LogP contribution >= 0.6 is 0 Å². The highest BCUT2D eigenvalue weighted by molar-refractivity contribution is 4.75. The van der Waals surface area contributed by atoms with Crippen molar-refractivity contribution >= 4 is 0 Å². The second-order valence-electron chi connectivity index (χ2n) is 5.96. The van der Waals surface area contributed by atoms with Crippen molar-refractivity contribution < 1.29 is 5.11 Å². The first-order valence-electron chi connectivity index (χ1n) is 6.18. The van der Waals surface area contributed by atoms with Crippen LogP contribution in [0, 0.1) is 11.3 Å². The summed E-state index contributed by atoms with van der Waals surface area (Å²) in [7, 11) is 0. The Hall–Kier alpha value is -0.0400. The van der Waals surface area contributed by atoms with Gasteiger partial charge in [0.15, 0.2) is 0 Å². The van der Waals surface area contributed by atoms with Gasteiger partial charge >= 0.3 is 0 Å². The minimum absolute atomic E-state index is 0.0642. The molecular weight excluding hydrogens is 172 g/mol. The van der Waals surface area contributed by atoms with Crippen LogP contribution in [0.5, 0.6) is 0 Å². The SMILES string of the molecule is CC(C)(C)C(O)CCC1CCCCC1. The molecule has 1 unspecified atom stereocenters. The number of hydrogen-bond acceptors (Lipinski definition) is 1. The average Bonchev–Trinajstić information content (AvgIpc) is 2.14. The van der Waals surface area contributed by atoms with Crippen molar-refractivity contribution in [1.82, 2.24) is 0 Å². The lowest BCUT2D eigenvalue weighted by molar-refractivity contribution is 0.0482. The Bertz CT molecular complexity index is 151. The molecule has 0 aromatic heterocycles. The summed E-state index contributed by atoms with van der Waals surface area (Å²) in [5.74, 6) is 0.903. The van der Waals surface area contributed by atoms with Crippen molar-refractivity contribution in [2.24, 2.45) is 11.3 Å². The maximum absolute atomic E-state index is 9.92. The standard InChI is InChI=1S/C13H26O/c1-13(2,3)12(14)10-9-11-7-5-4-6-8-11/h11-12,14H,4-10H2,1-3H3. The molecule has 84 valence electrons. The Morgan fingerprint density at radius 2 is 1.71 bits per heavy atom. The second kappa shape index (κ2) is 5.16. The van der Waals surface area contributed by atoms with Crippen molar-refractivity contribution in [3.63, 3.8) is 0 Å². The summed E-state index contributed by atoms with van der Waals surface area (Å²) in [5.41, 5.74) is 0.0642. The summed E-state index contributed by atoms with van der Waals surface area (Å²) in [6.45, 7) is 6.37. The molecule has 0 amide bonds. The van der Waals surface area contributed by atoms with Crippen molar-refractivity contribution in [3.8, 4) is 0 Å². The maximum atomic E-state index is 9.92. The largest absolute Gasteiger partial charge is 0.393 e. The van der Waals surface area contributed by atoms with Crippen LogP contribution in [-0.2, 0) is 0 Å². The first kappa shape index (κ1) is 12.0. The van der Waals surface area contributed by atoms with Crippen LogP contribution < -0.4 is 0 Å². The van der Waals surface area contributed by atoms with E-state index in [1.165, 1.54) is 38.5 Å². The van der Waals surface area contributed by atoms with Gasteiger partial charge in [-0.2, -0.15) is 0 Å². The Labute approximate surface area is 88.9 Å². The molecule has 1 fully saturated rings. The number of rotatable bonds is 3. The number of hydrogen-bond donors (Lipinski definition) is 1. The van der Waals surface area contributed by atoms with Crippen molar-refractivity contribution in [3.05, 3.63) is 0 Å². The minimum atomic E-state index is -0.121. The van der Waals surface area contributed by atoms with Crippen LogP contribution in [0.1, 0.15) is 65.7 Å². The van der Waals surface area contributed by atoms with Crippen LogP contribution in [0.3, 0.4) is 0 Å². The molecule has 0 saturated heterocycles. The Kier molecular flexibility index (Phi) is 4.43. The minimum Gasteiger partial charge on any atom is -0.393 e. The molecule has 14 heavy (non-hydrogen) atoms. The summed E-state index contributed by atoms with van der Waals surface area (Å²) in [5, 5.41) is 9.92. The molecule has 0 bridgehead atoms. The van der Waals surface area contributed by atoms with Crippen LogP contribution in [0.2, 0.25) is 0 Å². The van der Waals surface area contributed by atoms with Gasteiger partial charge in [0, 0.05) is 0 Å². The molecule has 1 aliphatic rings. The summed E-state index contributed by atoms with van der Waals surface area (Å²) in [6, 6.07) is 0. The Balaban J connectivity index is 2.19. The molecule has 0 heterocycles. The fraction of sp³-hybridized carbons (Fsp3) is 1.00. The second-order valence-corrected chi connectivity index (χ2v) is 5.96. The topological polar surface area (TPSA) is 20.2 Å². The molecule has 0 aromatic carbocycles. The first-order chi connectivity index (χ1) is 6.50. The van der Waals surface area contributed by atoms with Crippen molar-refractivity contribution in [2.45, 2.75) is 71.8 Å². The molecule has 1 rings (SSSR count). The van der Waals surface area contributed by atoms with Gasteiger partial charge in [0.2, 0.25) is 0 Å². The lowest BCUT2D eigenvalue weighted by atomic mass is 9.81. The van der Waals surface area contributed by atoms with E-state index >= 15 is 0 Å². The molecule has 0 aromatic rings. The summed E-state index contributed by atoms with van der Waals surface area (Å²) >= 11 is 0. The zero-order valence-electron chi connectivity index (χ0n) is 10.1. The molecule has 1 nitrogen and oxygen atoms in total. The summed E-state index contributed by atoms with van der Waals surface area (Å²) in [6.07, 6.45) is 9.16. The molecule has 0 spiro atoms. The van der Waals surface area contributed by atoms with Gasteiger partial charge in [-0.25, -0.2) is 0 Å². The van der Waals surface area contributed by atoms with Gasteiger partial charge in [0.05, 0.1) is 6.10 Å². The quantitative estimate of drug-likeness (QED) is 0.732. The van der Waals surface area contributed by atoms with Crippen LogP contribution in [-0.4, -0.2) is 11.2 Å². The molecule has 0 aliphatic heterocycles. The van der Waals surface area contributed by atoms with E-state index in [0.29, 0.717) is 0 Å². The van der Waals surface area contributed by atoms with Crippen molar-refractivity contribution in [2.75, 3.05) is 0 Å². The summed E-state index contributed by atoms with van der Waals surface area (Å²) in [4.78, 5) is 0. The fourth-order valence-corrected chi connectivity index (χ4v) is 2.30. The Morgan fingerprint density at radius 1 is 1.14 bits per heavy atom. The van der Waals surface area contributed by atoms with Gasteiger partial charge in [-0.3, -0.25) is 0 Å². The van der Waals surface area contributed by atoms with E-state index in [0.717, 1.165) is 12.3 Å². The third-order valence-electron chi connectivity index (χ3n) is 3.57. The molecule has 1 saturated carbocycles. The van der Waals surface area contributed by atoms with Crippen LogP contribution in [0.25, 0.3) is 0 Å². The molecule has 0 radical (unpaired) electrons. The van der Waals surface area contributed by atoms with Gasteiger partial charge in [0.25, 0.3) is 0 Å². The third-order valence-corrected chi connectivity index (χ3v) is 3.57. The van der Waals surface area contributed by atoms with E-state index in [-0.39, 0.29) is 11.5 Å². The molecule has 1 aliphatic carbocycles. The van der Waals surface area contributed by atoms with Gasteiger partial charge in [-0.1, -0.05) is 52.9 Å². The third kappa shape index (κ3) is 4.00. The Morgan fingerprint density at radius 3 is 2.21 bits per heavy atom. The normalized spacial score (nSPS) is 22.3. The predicted octanol–water partition coefficient (Wildman–Crippen LogP) is 3.75. The number of aliphatic hydroxyl groups excluding tert-OH is 1. The van der Waals surface area contributed by atoms with Gasteiger partial charge in [0.1, 0.15) is 0 Å². The zero-order chi connectivity index (χ0) is 10.6. The monoisotopic (exact) mass is 198 g/mol. The van der Waals surface area contributed by atoms with Crippen LogP contribution in [0.4, 0.5) is 0 Å². The van der Waals surface area contributed by atoms with E-state index in [4.69, 9.17) is 0 Å². The van der Waals surface area contributed by atoms with E-state index < -0.39 is 0 Å². The highest BCUT2D eigenvalue weighted by Gasteiger charge is 2.23. The summed E-state index contributed by atoms with van der Waals surface area (Å²) < 4.78 is 0. The maximum Gasteiger partial charge on any atom is 0.0588 e. The van der Waals surface area contributed by atoms with Gasteiger partial charge < -0.3 is 5.11 Å². The van der Waals surface area contributed by atoms with E-state index in [1.807, 2.05) is 0 Å². The number of aliphatic hydroxyl groups is 1. The van der Waals surface area contributed by atoms with Crippen molar-refractivity contribution in [1.29, 1.82) is 0 Å². The highest BCUT2D eigenvalue weighted by atomic mass is 16.3. The van der Waals surface area contributed by atoms with Crippen LogP contribution in [0.15, 0.2) is 0 Å². The lowest BCUT2D eigenvalue weighted by Crippen LogP contribution is -2.26. The molecule has 1 atom stereocenters. The molecular formula is C13H26O. The van der Waals surface area contributed by atoms with E-state index in [9.17, 15) is 5.11 Å². The van der Waals surface area contributed by atoms with Gasteiger partial charge in [-0.05, 0) is 24.2 Å². The van der Waals surface area contributed by atoms with Gasteiger partial charge in [-0.15, -0.1) is 0 Å².